The van der Waals surface area contributed by atoms with Crippen LogP contribution in [-0.4, -0.2) is 46.6 Å². The number of pyridine rings is 1. The summed E-state index contributed by atoms with van der Waals surface area (Å²) in [6.45, 7) is 3.83. The Morgan fingerprint density at radius 3 is 2.88 bits per heavy atom. The predicted molar refractivity (Wildman–Crippen MR) is 121 cm³/mol. The first-order valence-corrected chi connectivity index (χ1v) is 11.2. The lowest BCUT2D eigenvalue weighted by molar-refractivity contribution is 0.0594. The number of methoxy groups -OCH3 is 1. The van der Waals surface area contributed by atoms with Crippen LogP contribution in [-0.2, 0) is 22.4 Å². The van der Waals surface area contributed by atoms with Crippen LogP contribution in [0.2, 0.25) is 0 Å². The van der Waals surface area contributed by atoms with Gasteiger partial charge in [-0.2, -0.15) is 0 Å². The molecule has 2 aliphatic heterocycles. The summed E-state index contributed by atoms with van der Waals surface area (Å²) < 4.78 is 14.8. The molecule has 8 nitrogen and oxygen atoms in total. The highest BCUT2D eigenvalue weighted by Gasteiger charge is 2.32. The molecule has 3 aromatic rings. The number of anilines is 1. The second-order valence-electron chi connectivity index (χ2n) is 8.59. The Morgan fingerprint density at radius 1 is 1.25 bits per heavy atom. The fourth-order valence-corrected chi connectivity index (χ4v) is 5.01. The Morgan fingerprint density at radius 2 is 2.12 bits per heavy atom. The summed E-state index contributed by atoms with van der Waals surface area (Å²) in [4.78, 5) is 31.7. The second kappa shape index (κ2) is 8.43. The maximum atomic E-state index is 12.5. The minimum Gasteiger partial charge on any atom is -0.452 e. The van der Waals surface area contributed by atoms with Crippen molar-refractivity contribution in [2.24, 2.45) is 0 Å². The number of carbonyl (C=O) groups excluding carboxylic acids is 1. The van der Waals surface area contributed by atoms with E-state index in [2.05, 4.69) is 4.57 Å². The van der Waals surface area contributed by atoms with E-state index in [0.717, 1.165) is 60.4 Å². The van der Waals surface area contributed by atoms with Gasteiger partial charge in [-0.15, -0.1) is 0 Å². The number of benzene rings is 1. The van der Waals surface area contributed by atoms with Crippen LogP contribution in [0.3, 0.4) is 0 Å². The maximum Gasteiger partial charge on any atom is 0.414 e. The van der Waals surface area contributed by atoms with E-state index in [9.17, 15) is 9.59 Å². The minimum absolute atomic E-state index is 0.0567. The molecule has 2 aliphatic rings. The SMILES string of the molecule is COC(=O)N1c2ccc3c(nc(Cn4ccccc4=O)n3[C@@H]3CCCOC3)c2CC[C@@H]1C. The molecule has 0 N–H and O–H groups in total. The van der Waals surface area contributed by atoms with E-state index in [1.807, 2.05) is 25.1 Å². The lowest BCUT2D eigenvalue weighted by atomic mass is 9.95. The third kappa shape index (κ3) is 3.48. The van der Waals surface area contributed by atoms with Crippen molar-refractivity contribution < 1.29 is 14.3 Å². The van der Waals surface area contributed by atoms with Crippen LogP contribution in [0.4, 0.5) is 10.5 Å². The van der Waals surface area contributed by atoms with E-state index in [-0.39, 0.29) is 23.7 Å². The molecule has 1 amide bonds. The smallest absolute Gasteiger partial charge is 0.414 e. The summed E-state index contributed by atoms with van der Waals surface area (Å²) in [6, 6.07) is 9.44. The topological polar surface area (TPSA) is 78.6 Å². The second-order valence-corrected chi connectivity index (χ2v) is 8.59. The molecule has 2 atom stereocenters. The van der Waals surface area contributed by atoms with Gasteiger partial charge in [-0.05, 0) is 50.8 Å². The molecule has 0 bridgehead atoms. The summed E-state index contributed by atoms with van der Waals surface area (Å²) in [5.41, 5.74) is 3.78. The molecule has 1 fully saturated rings. The molecular formula is C24H28N4O4. The molecule has 1 saturated heterocycles. The van der Waals surface area contributed by atoms with Gasteiger partial charge < -0.3 is 18.6 Å². The normalized spacial score (nSPS) is 20.9. The molecule has 4 heterocycles. The summed E-state index contributed by atoms with van der Waals surface area (Å²) in [5.74, 6) is 0.834. The van der Waals surface area contributed by atoms with Crippen LogP contribution in [0.5, 0.6) is 0 Å². The Labute approximate surface area is 186 Å². The zero-order valence-electron chi connectivity index (χ0n) is 18.5. The lowest BCUT2D eigenvalue weighted by Crippen LogP contribution is -2.42. The van der Waals surface area contributed by atoms with Crippen LogP contribution in [0.1, 0.15) is 43.6 Å². The Bertz CT molecular complexity index is 1210. The molecule has 168 valence electrons. The van der Waals surface area contributed by atoms with Gasteiger partial charge in [-0.25, -0.2) is 9.78 Å². The Balaban J connectivity index is 1.68. The maximum absolute atomic E-state index is 12.5. The predicted octanol–water partition coefficient (Wildman–Crippen LogP) is 3.51. The Kier molecular flexibility index (Phi) is 5.46. The number of fused-ring (bicyclic) bond motifs is 3. The summed E-state index contributed by atoms with van der Waals surface area (Å²) in [7, 11) is 1.41. The van der Waals surface area contributed by atoms with Gasteiger partial charge in [-0.3, -0.25) is 9.69 Å². The molecule has 2 aromatic heterocycles. The number of hydrogen-bond acceptors (Lipinski definition) is 5. The summed E-state index contributed by atoms with van der Waals surface area (Å²) in [6.07, 6.45) is 5.12. The summed E-state index contributed by atoms with van der Waals surface area (Å²) >= 11 is 0. The van der Waals surface area contributed by atoms with E-state index in [1.165, 1.54) is 7.11 Å². The van der Waals surface area contributed by atoms with Gasteiger partial charge in [0.15, 0.2) is 0 Å². The first kappa shape index (κ1) is 20.8. The number of hydrogen-bond donors (Lipinski definition) is 0. The van der Waals surface area contributed by atoms with Gasteiger partial charge >= 0.3 is 6.09 Å². The van der Waals surface area contributed by atoms with E-state index in [0.29, 0.717) is 13.2 Å². The third-order valence-electron chi connectivity index (χ3n) is 6.61. The van der Waals surface area contributed by atoms with Crippen LogP contribution in [0.15, 0.2) is 41.3 Å². The fraction of sp³-hybridized carbons (Fsp3) is 0.458. The highest BCUT2D eigenvalue weighted by Crippen LogP contribution is 2.38. The third-order valence-corrected chi connectivity index (χ3v) is 6.61. The van der Waals surface area contributed by atoms with Gasteiger partial charge in [0.05, 0.1) is 43.0 Å². The highest BCUT2D eigenvalue weighted by molar-refractivity contribution is 5.95. The van der Waals surface area contributed by atoms with Crippen molar-refractivity contribution in [1.82, 2.24) is 14.1 Å². The molecule has 0 aliphatic carbocycles. The average molecular weight is 437 g/mol. The van der Waals surface area contributed by atoms with Crippen LogP contribution >= 0.6 is 0 Å². The van der Waals surface area contributed by atoms with Gasteiger partial charge in [0.25, 0.3) is 5.56 Å². The first-order chi connectivity index (χ1) is 15.6. The number of nitrogens with zero attached hydrogens (tertiary/aromatic N) is 4. The quantitative estimate of drug-likeness (QED) is 0.628. The van der Waals surface area contributed by atoms with Gasteiger partial charge in [0, 0.05) is 30.5 Å². The molecular weight excluding hydrogens is 408 g/mol. The minimum atomic E-state index is -0.353. The van der Waals surface area contributed by atoms with Crippen LogP contribution in [0, 0.1) is 0 Å². The van der Waals surface area contributed by atoms with Crippen molar-refractivity contribution >= 4 is 22.8 Å². The van der Waals surface area contributed by atoms with E-state index in [4.69, 9.17) is 14.5 Å². The van der Waals surface area contributed by atoms with E-state index < -0.39 is 0 Å². The summed E-state index contributed by atoms with van der Waals surface area (Å²) in [5, 5.41) is 0. The van der Waals surface area contributed by atoms with Crippen molar-refractivity contribution in [3.8, 4) is 0 Å². The van der Waals surface area contributed by atoms with Gasteiger partial charge in [0.2, 0.25) is 0 Å². The molecule has 0 radical (unpaired) electrons. The largest absolute Gasteiger partial charge is 0.452 e. The van der Waals surface area contributed by atoms with Crippen molar-refractivity contribution in [3.63, 3.8) is 0 Å². The molecule has 1 aromatic carbocycles. The molecule has 8 heteroatoms. The number of ether oxygens (including phenoxy) is 2. The molecule has 5 rings (SSSR count). The molecule has 0 spiro atoms. The number of rotatable bonds is 3. The lowest BCUT2D eigenvalue weighted by Gasteiger charge is -2.34. The molecule has 32 heavy (non-hydrogen) atoms. The van der Waals surface area contributed by atoms with E-state index in [1.54, 1.807) is 27.8 Å². The molecule has 0 unspecified atom stereocenters. The average Bonchev–Trinajstić information content (AvgIpc) is 3.18. The number of aryl methyl sites for hydroxylation is 1. The van der Waals surface area contributed by atoms with Crippen LogP contribution in [0.25, 0.3) is 11.0 Å². The van der Waals surface area contributed by atoms with Crippen molar-refractivity contribution in [1.29, 1.82) is 0 Å². The van der Waals surface area contributed by atoms with E-state index >= 15 is 0 Å². The van der Waals surface area contributed by atoms with Crippen molar-refractivity contribution in [2.45, 2.75) is 51.2 Å². The van der Waals surface area contributed by atoms with Gasteiger partial charge in [0.1, 0.15) is 5.82 Å². The standard InChI is InChI=1S/C24H28N4O4/c1-16-8-9-18-19(27(16)24(30)31-2)10-11-20-23(18)25-21(14-26-12-4-3-7-22(26)29)28(20)17-6-5-13-32-15-17/h3-4,7,10-12,16-17H,5-6,8-9,13-15H2,1-2H3/t16-,17+/m0/s1. The fourth-order valence-electron chi connectivity index (χ4n) is 5.01. The highest BCUT2D eigenvalue weighted by atomic mass is 16.5. The van der Waals surface area contributed by atoms with Gasteiger partial charge in [-0.1, -0.05) is 6.07 Å². The number of amides is 1. The van der Waals surface area contributed by atoms with Crippen LogP contribution < -0.4 is 10.5 Å². The van der Waals surface area contributed by atoms with Crippen molar-refractivity contribution in [2.75, 3.05) is 25.2 Å². The number of aromatic nitrogens is 3. The molecule has 0 saturated carbocycles. The number of imidazole rings is 1. The van der Waals surface area contributed by atoms with Crippen molar-refractivity contribution in [3.05, 3.63) is 58.3 Å². The Hall–Kier alpha value is -3.13. The number of carbonyl (C=O) groups is 1. The first-order valence-electron chi connectivity index (χ1n) is 11.2. The zero-order chi connectivity index (χ0) is 22.2. The zero-order valence-corrected chi connectivity index (χ0v) is 18.5. The monoisotopic (exact) mass is 436 g/mol.